The Balaban J connectivity index is 1.29. The largest absolute Gasteiger partial charge is 0.486 e. The normalized spacial score (nSPS) is 16.5. The fourth-order valence-corrected chi connectivity index (χ4v) is 5.32. The summed E-state index contributed by atoms with van der Waals surface area (Å²) in [5.41, 5.74) is 1.33. The van der Waals surface area contributed by atoms with Gasteiger partial charge >= 0.3 is 0 Å². The minimum atomic E-state index is -0.410. The van der Waals surface area contributed by atoms with Gasteiger partial charge in [-0.05, 0) is 42.7 Å². The van der Waals surface area contributed by atoms with Crippen molar-refractivity contribution >= 4 is 29.3 Å². The van der Waals surface area contributed by atoms with Crippen LogP contribution in [0.25, 0.3) is 11.4 Å². The number of hydrogen-bond donors (Lipinski definition) is 2. The van der Waals surface area contributed by atoms with Crippen molar-refractivity contribution in [3.8, 4) is 22.9 Å². The lowest BCUT2D eigenvalue weighted by atomic mass is 9.87. The zero-order valence-corrected chi connectivity index (χ0v) is 19.5. The van der Waals surface area contributed by atoms with E-state index in [1.807, 2.05) is 36.4 Å². The average Bonchev–Trinajstić information content (AvgIpc) is 3.45. The van der Waals surface area contributed by atoms with Gasteiger partial charge in [0.15, 0.2) is 17.3 Å². The minimum absolute atomic E-state index is 0.0842. The molecule has 1 fully saturated rings. The first kappa shape index (κ1) is 21.9. The van der Waals surface area contributed by atoms with Crippen molar-refractivity contribution in [2.24, 2.45) is 0 Å². The monoisotopic (exact) mass is 485 g/mol. The van der Waals surface area contributed by atoms with E-state index in [4.69, 9.17) is 26.9 Å². The number of carbonyl (C=O) groups is 1. The summed E-state index contributed by atoms with van der Waals surface area (Å²) in [5, 5.41) is 12.6. The standard InChI is InChI=1S/C23H24ClN5O3S/c24-17-6-2-1-5-16(17)21-27-28-22(29(21)25)33-14-20(30)26-23(9-3-4-10-23)15-7-8-18-19(13-15)32-12-11-31-18/h1-2,5-8,13H,3-4,9-12,14,25H2,(H,26,30). The molecule has 0 spiro atoms. The van der Waals surface area contributed by atoms with Gasteiger partial charge in [-0.1, -0.05) is 54.4 Å². The Morgan fingerprint density at radius 3 is 2.67 bits per heavy atom. The Bertz CT molecular complexity index is 1180. The number of aromatic nitrogens is 3. The molecule has 2 aromatic carbocycles. The van der Waals surface area contributed by atoms with Crippen LogP contribution in [0.2, 0.25) is 5.02 Å². The molecule has 1 aliphatic carbocycles. The number of ether oxygens (including phenoxy) is 2. The van der Waals surface area contributed by atoms with E-state index in [-0.39, 0.29) is 11.7 Å². The van der Waals surface area contributed by atoms with Crippen LogP contribution in [0.5, 0.6) is 11.5 Å². The Morgan fingerprint density at radius 1 is 1.12 bits per heavy atom. The first-order valence-corrected chi connectivity index (χ1v) is 12.2. The molecule has 8 nitrogen and oxygen atoms in total. The van der Waals surface area contributed by atoms with Gasteiger partial charge in [0.1, 0.15) is 13.2 Å². The molecule has 3 N–H and O–H groups in total. The number of fused-ring (bicyclic) bond motifs is 1. The molecule has 0 bridgehead atoms. The number of benzene rings is 2. The van der Waals surface area contributed by atoms with Crippen molar-refractivity contribution in [1.29, 1.82) is 0 Å². The number of amides is 1. The van der Waals surface area contributed by atoms with Crippen molar-refractivity contribution < 1.29 is 14.3 Å². The van der Waals surface area contributed by atoms with Gasteiger partial charge in [0, 0.05) is 5.56 Å². The van der Waals surface area contributed by atoms with Crippen molar-refractivity contribution in [2.45, 2.75) is 36.4 Å². The maximum Gasteiger partial charge on any atom is 0.231 e. The second-order valence-electron chi connectivity index (χ2n) is 8.14. The van der Waals surface area contributed by atoms with Gasteiger partial charge < -0.3 is 20.6 Å². The molecule has 2 heterocycles. The fraction of sp³-hybridized carbons (Fsp3) is 0.348. The first-order valence-electron chi connectivity index (χ1n) is 10.9. The molecule has 10 heteroatoms. The third-order valence-electron chi connectivity index (χ3n) is 6.04. The molecule has 0 saturated heterocycles. The van der Waals surface area contributed by atoms with Crippen LogP contribution in [0.3, 0.4) is 0 Å². The second-order valence-corrected chi connectivity index (χ2v) is 9.49. The van der Waals surface area contributed by atoms with E-state index in [2.05, 4.69) is 15.5 Å². The van der Waals surface area contributed by atoms with Gasteiger partial charge in [-0.2, -0.15) is 0 Å². The van der Waals surface area contributed by atoms with Gasteiger partial charge in [0.25, 0.3) is 0 Å². The number of rotatable bonds is 6. The van der Waals surface area contributed by atoms with Crippen LogP contribution in [0.1, 0.15) is 31.2 Å². The third kappa shape index (κ3) is 4.35. The molecule has 1 aliphatic heterocycles. The van der Waals surface area contributed by atoms with Gasteiger partial charge in [0.05, 0.1) is 16.3 Å². The summed E-state index contributed by atoms with van der Waals surface area (Å²) in [6, 6.07) is 13.2. The van der Waals surface area contributed by atoms with E-state index in [1.165, 1.54) is 16.4 Å². The molecule has 172 valence electrons. The Labute approximate surface area is 200 Å². The zero-order valence-electron chi connectivity index (χ0n) is 17.9. The molecule has 33 heavy (non-hydrogen) atoms. The van der Waals surface area contributed by atoms with E-state index < -0.39 is 5.54 Å². The van der Waals surface area contributed by atoms with E-state index in [0.29, 0.717) is 34.8 Å². The summed E-state index contributed by atoms with van der Waals surface area (Å²) in [7, 11) is 0. The molecular weight excluding hydrogens is 462 g/mol. The molecule has 1 saturated carbocycles. The number of nitrogens with zero attached hydrogens (tertiary/aromatic N) is 3. The maximum absolute atomic E-state index is 13.0. The third-order valence-corrected chi connectivity index (χ3v) is 7.31. The topological polar surface area (TPSA) is 104 Å². The number of hydrogen-bond acceptors (Lipinski definition) is 7. The minimum Gasteiger partial charge on any atom is -0.486 e. The SMILES string of the molecule is Nn1c(SCC(=O)NC2(c3ccc4c(c3)OCCO4)CCCC2)nnc1-c1ccccc1Cl. The van der Waals surface area contributed by atoms with E-state index in [9.17, 15) is 4.79 Å². The van der Waals surface area contributed by atoms with Crippen molar-refractivity contribution in [3.63, 3.8) is 0 Å². The van der Waals surface area contributed by atoms with Crippen LogP contribution in [0.4, 0.5) is 0 Å². The summed E-state index contributed by atoms with van der Waals surface area (Å²) in [6.07, 6.45) is 3.87. The number of nitrogens with one attached hydrogen (secondary N) is 1. The lowest BCUT2D eigenvalue weighted by Crippen LogP contribution is -2.44. The highest BCUT2D eigenvalue weighted by atomic mass is 35.5. The smallest absolute Gasteiger partial charge is 0.231 e. The lowest BCUT2D eigenvalue weighted by molar-refractivity contribution is -0.120. The molecule has 0 unspecified atom stereocenters. The Kier molecular flexibility index (Phi) is 6.07. The summed E-state index contributed by atoms with van der Waals surface area (Å²) in [5.74, 6) is 8.21. The number of thioether (sulfide) groups is 1. The highest BCUT2D eigenvalue weighted by Gasteiger charge is 2.38. The molecule has 1 amide bonds. The summed E-state index contributed by atoms with van der Waals surface area (Å²) in [4.78, 5) is 13.0. The highest BCUT2D eigenvalue weighted by Crippen LogP contribution is 2.42. The van der Waals surface area contributed by atoms with Gasteiger partial charge in [0.2, 0.25) is 11.1 Å². The molecule has 2 aliphatic rings. The summed E-state index contributed by atoms with van der Waals surface area (Å²) < 4.78 is 12.8. The number of halogens is 1. The number of carbonyl (C=O) groups excluding carboxylic acids is 1. The molecule has 0 radical (unpaired) electrons. The van der Waals surface area contributed by atoms with Gasteiger partial charge in [-0.3, -0.25) is 4.79 Å². The second kappa shape index (κ2) is 9.15. The van der Waals surface area contributed by atoms with Crippen LogP contribution in [0, 0.1) is 0 Å². The van der Waals surface area contributed by atoms with E-state index in [1.54, 1.807) is 6.07 Å². The van der Waals surface area contributed by atoms with Gasteiger partial charge in [-0.25, -0.2) is 4.68 Å². The van der Waals surface area contributed by atoms with Crippen LogP contribution in [-0.2, 0) is 10.3 Å². The quantitative estimate of drug-likeness (QED) is 0.404. The first-order chi connectivity index (χ1) is 16.1. The molecule has 0 atom stereocenters. The summed E-state index contributed by atoms with van der Waals surface area (Å²) in [6.45, 7) is 1.08. The number of nitrogen functional groups attached to an aromatic ring is 1. The summed E-state index contributed by atoms with van der Waals surface area (Å²) >= 11 is 7.50. The van der Waals surface area contributed by atoms with Crippen LogP contribution in [-0.4, -0.2) is 39.7 Å². The van der Waals surface area contributed by atoms with E-state index in [0.717, 1.165) is 42.7 Å². The fourth-order valence-electron chi connectivity index (χ4n) is 4.44. The molecule has 1 aromatic heterocycles. The van der Waals surface area contributed by atoms with Gasteiger partial charge in [-0.15, -0.1) is 10.2 Å². The van der Waals surface area contributed by atoms with Crippen molar-refractivity contribution in [3.05, 3.63) is 53.1 Å². The van der Waals surface area contributed by atoms with Crippen LogP contribution in [0.15, 0.2) is 47.6 Å². The molecule has 3 aromatic rings. The van der Waals surface area contributed by atoms with Crippen molar-refractivity contribution in [2.75, 3.05) is 24.8 Å². The Hall–Kier alpha value is -2.91. The predicted octanol–water partition coefficient (Wildman–Crippen LogP) is 3.76. The number of nitrogens with two attached hydrogens (primary N) is 1. The van der Waals surface area contributed by atoms with E-state index >= 15 is 0 Å². The zero-order chi connectivity index (χ0) is 22.8. The van der Waals surface area contributed by atoms with Crippen LogP contribution >= 0.6 is 23.4 Å². The maximum atomic E-state index is 13.0. The molecule has 5 rings (SSSR count). The Morgan fingerprint density at radius 2 is 1.88 bits per heavy atom. The predicted molar refractivity (Wildman–Crippen MR) is 127 cm³/mol. The van der Waals surface area contributed by atoms with Crippen LogP contribution < -0.4 is 20.6 Å². The van der Waals surface area contributed by atoms with Crippen molar-refractivity contribution in [1.82, 2.24) is 20.2 Å². The molecular formula is C23H24ClN5O3S. The highest BCUT2D eigenvalue weighted by molar-refractivity contribution is 7.99. The lowest BCUT2D eigenvalue weighted by Gasteiger charge is -2.32. The average molecular weight is 486 g/mol.